The third-order valence-corrected chi connectivity index (χ3v) is 5.66. The van der Waals surface area contributed by atoms with Gasteiger partial charge in [-0.1, -0.05) is 45.6 Å². The number of hydrogen-bond acceptors (Lipinski definition) is 7. The first-order chi connectivity index (χ1) is 10.7. The van der Waals surface area contributed by atoms with Crippen molar-refractivity contribution in [1.29, 1.82) is 0 Å². The van der Waals surface area contributed by atoms with Gasteiger partial charge in [0.2, 0.25) is 0 Å². The van der Waals surface area contributed by atoms with Crippen LogP contribution >= 0.6 is 0 Å². The topological polar surface area (TPSA) is 124 Å². The minimum atomic E-state index is -4.72. The molecule has 0 aliphatic carbocycles. The molecule has 0 spiro atoms. The van der Waals surface area contributed by atoms with Gasteiger partial charge >= 0.3 is 59.1 Å². The molecule has 0 saturated carbocycles. The van der Waals surface area contributed by atoms with Crippen molar-refractivity contribution in [2.45, 2.75) is 57.1 Å². The molecule has 0 N–H and O–H groups in total. The zero-order valence-corrected chi connectivity index (χ0v) is 20.4. The molecule has 2 atom stereocenters. The summed E-state index contributed by atoms with van der Waals surface area (Å²) >= 11 is 0. The second kappa shape index (κ2) is 14.6. The van der Waals surface area contributed by atoms with E-state index in [2.05, 4.69) is 10.8 Å². The van der Waals surface area contributed by atoms with Crippen LogP contribution in [0.3, 0.4) is 0 Å². The minimum Gasteiger partial charge on any atom is -0.550 e. The maximum atomic E-state index is 12.3. The Labute approximate surface area is 194 Å². The summed E-state index contributed by atoms with van der Waals surface area (Å²) < 4.78 is 26.6. The molecular weight excluding hydrogens is 370 g/mol. The second-order valence-corrected chi connectivity index (χ2v) is 7.40. The van der Waals surface area contributed by atoms with Gasteiger partial charge < -0.3 is 19.8 Å². The average molecular weight is 394 g/mol. The fourth-order valence-corrected chi connectivity index (χ4v) is 3.85. The molecule has 0 amide bonds. The van der Waals surface area contributed by atoms with Crippen molar-refractivity contribution < 1.29 is 91.5 Å². The summed E-state index contributed by atoms with van der Waals surface area (Å²) in [5, 5.41) is 22.6. The van der Waals surface area contributed by atoms with E-state index in [0.29, 0.717) is 12.8 Å². The van der Waals surface area contributed by atoms with Crippen molar-refractivity contribution in [1.82, 2.24) is 0 Å². The number of carbonyl (C=O) groups is 2. The van der Waals surface area contributed by atoms with Gasteiger partial charge in [-0.2, -0.15) is 8.42 Å². The molecule has 134 valence electrons. The Morgan fingerprint density at radius 3 is 2.16 bits per heavy atom. The number of carboxylic acids is 2. The molecule has 0 aromatic heterocycles. The predicted octanol–water partition coefficient (Wildman–Crippen LogP) is -6.24. The van der Waals surface area contributed by atoms with Gasteiger partial charge in [0, 0.05) is 12.4 Å². The van der Waals surface area contributed by atoms with Crippen molar-refractivity contribution in [3.8, 4) is 0 Å². The Kier molecular flexibility index (Phi) is 17.7. The van der Waals surface area contributed by atoms with Crippen molar-refractivity contribution in [2.75, 3.05) is 6.61 Å². The Hall–Kier alpha value is 0.590. The average Bonchev–Trinajstić information content (AvgIpc) is 2.47. The summed E-state index contributed by atoms with van der Waals surface area (Å²) in [6.45, 7) is 6.58. The molecule has 0 aromatic carbocycles. The molecule has 0 heterocycles. The molecular formula is C15H24Na2O7S. The van der Waals surface area contributed by atoms with Crippen LogP contribution in [0.5, 0.6) is 0 Å². The number of carboxylic acid groups (broad SMARTS) is 2. The zero-order valence-electron chi connectivity index (χ0n) is 15.6. The summed E-state index contributed by atoms with van der Waals surface area (Å²) in [7, 11) is -4.72. The fraction of sp³-hybridized carbons (Fsp3) is 0.733. The zero-order chi connectivity index (χ0) is 18.1. The van der Waals surface area contributed by atoms with Crippen LogP contribution in [0.25, 0.3) is 0 Å². The summed E-state index contributed by atoms with van der Waals surface area (Å²) in [5.41, 5.74) is 0. The molecule has 0 bridgehead atoms. The molecule has 2 unspecified atom stereocenters. The fourth-order valence-electron chi connectivity index (χ4n) is 2.41. The van der Waals surface area contributed by atoms with Crippen molar-refractivity contribution in [2.24, 2.45) is 5.92 Å². The number of unbranched alkanes of at least 4 members (excludes halogenated alkanes) is 1. The molecule has 0 radical (unpaired) electrons. The van der Waals surface area contributed by atoms with Crippen LogP contribution in [0.1, 0.15) is 52.4 Å². The van der Waals surface area contributed by atoms with Crippen LogP contribution in [-0.4, -0.2) is 31.7 Å². The standard InChI is InChI=1S/C15H26O7S.2Na/c1-4-7-8-12(6-3)10-15(14(18)19,11-13(16)17)23(20,21)22-9-5-2;;/h5,12H,2,4,6-11H2,1,3H3,(H,16,17)(H,18,19);;/q;2*+1/p-2. The Bertz CT molecular complexity index is 522. The van der Waals surface area contributed by atoms with Gasteiger partial charge in [0.1, 0.15) is 4.75 Å². The van der Waals surface area contributed by atoms with E-state index in [1.165, 1.54) is 0 Å². The largest absolute Gasteiger partial charge is 1.00 e. The van der Waals surface area contributed by atoms with Crippen LogP contribution in [0.15, 0.2) is 12.7 Å². The van der Waals surface area contributed by atoms with E-state index in [1.807, 2.05) is 6.92 Å². The first-order valence-corrected chi connectivity index (χ1v) is 8.98. The SMILES string of the molecule is C=CCOS(=O)(=O)C(CC(=O)[O-])(CC(CC)CCCC)C(=O)[O-].[Na+].[Na+]. The van der Waals surface area contributed by atoms with Gasteiger partial charge in [0.05, 0.1) is 12.6 Å². The van der Waals surface area contributed by atoms with Crippen LogP contribution < -0.4 is 69.3 Å². The smallest absolute Gasteiger partial charge is 0.550 e. The normalized spacial score (nSPS) is 14.3. The summed E-state index contributed by atoms with van der Waals surface area (Å²) in [6.07, 6.45) is 2.27. The van der Waals surface area contributed by atoms with E-state index in [4.69, 9.17) is 0 Å². The third-order valence-electron chi connectivity index (χ3n) is 3.78. The number of hydrogen-bond donors (Lipinski definition) is 0. The van der Waals surface area contributed by atoms with Crippen LogP contribution in [0.4, 0.5) is 0 Å². The van der Waals surface area contributed by atoms with Gasteiger partial charge in [-0.05, 0) is 12.3 Å². The first-order valence-electron chi connectivity index (χ1n) is 7.58. The summed E-state index contributed by atoms with van der Waals surface area (Å²) in [4.78, 5) is 22.6. The van der Waals surface area contributed by atoms with Crippen LogP contribution in [0, 0.1) is 5.92 Å². The third kappa shape index (κ3) is 9.37. The van der Waals surface area contributed by atoms with Gasteiger partial charge in [0.15, 0.2) is 0 Å². The van der Waals surface area contributed by atoms with Crippen molar-refractivity contribution in [3.63, 3.8) is 0 Å². The maximum Gasteiger partial charge on any atom is 1.00 e. The molecule has 0 rings (SSSR count). The quantitative estimate of drug-likeness (QED) is 0.173. The molecule has 10 heteroatoms. The Morgan fingerprint density at radius 2 is 1.80 bits per heavy atom. The molecule has 7 nitrogen and oxygen atoms in total. The van der Waals surface area contributed by atoms with Gasteiger partial charge in [-0.25, -0.2) is 0 Å². The Morgan fingerprint density at radius 1 is 1.24 bits per heavy atom. The van der Waals surface area contributed by atoms with Crippen LogP contribution in [-0.2, 0) is 23.9 Å². The van der Waals surface area contributed by atoms with E-state index in [0.717, 1.165) is 18.9 Å². The molecule has 25 heavy (non-hydrogen) atoms. The van der Waals surface area contributed by atoms with Crippen LogP contribution in [0.2, 0.25) is 0 Å². The minimum absolute atomic E-state index is 0. The molecule has 0 aromatic rings. The monoisotopic (exact) mass is 394 g/mol. The van der Waals surface area contributed by atoms with Gasteiger partial charge in [-0.15, -0.1) is 6.58 Å². The second-order valence-electron chi connectivity index (χ2n) is 5.48. The molecule has 0 aliphatic rings. The van der Waals surface area contributed by atoms with Crippen molar-refractivity contribution in [3.05, 3.63) is 12.7 Å². The molecule has 0 aliphatic heterocycles. The van der Waals surface area contributed by atoms with E-state index in [1.54, 1.807) is 6.92 Å². The van der Waals surface area contributed by atoms with E-state index in [9.17, 15) is 28.2 Å². The summed E-state index contributed by atoms with van der Waals surface area (Å²) in [6, 6.07) is 0. The first kappa shape index (κ1) is 30.3. The van der Waals surface area contributed by atoms with Crippen molar-refractivity contribution >= 4 is 22.1 Å². The van der Waals surface area contributed by atoms with Gasteiger partial charge in [-0.3, -0.25) is 4.18 Å². The predicted molar refractivity (Wildman–Crippen MR) is 80.4 cm³/mol. The maximum absolute atomic E-state index is 12.3. The molecule has 0 fully saturated rings. The number of rotatable bonds is 13. The molecule has 0 saturated heterocycles. The van der Waals surface area contributed by atoms with Gasteiger partial charge in [0.25, 0.3) is 10.1 Å². The summed E-state index contributed by atoms with van der Waals surface area (Å²) in [5.74, 6) is -4.06. The Balaban J connectivity index is -0.00000242. The number of aliphatic carboxylic acids is 2. The van der Waals surface area contributed by atoms with E-state index < -0.39 is 39.8 Å². The van der Waals surface area contributed by atoms with E-state index in [-0.39, 0.29) is 71.5 Å². The number of carbonyl (C=O) groups excluding carboxylic acids is 2. The van der Waals surface area contributed by atoms with E-state index >= 15 is 0 Å².